The maximum absolute atomic E-state index is 12.6. The van der Waals surface area contributed by atoms with Crippen molar-refractivity contribution < 1.29 is 13.6 Å². The normalized spacial score (nSPS) is 10.8. The van der Waals surface area contributed by atoms with Gasteiger partial charge in [0.05, 0.1) is 6.26 Å². The summed E-state index contributed by atoms with van der Waals surface area (Å²) < 4.78 is 17.5. The van der Waals surface area contributed by atoms with Crippen molar-refractivity contribution in [2.75, 3.05) is 0 Å². The van der Waals surface area contributed by atoms with Crippen LogP contribution in [0.4, 0.5) is 4.39 Å². The Labute approximate surface area is 92.0 Å². The molecule has 2 aromatic rings. The number of carbonyl (C=O) groups excluding carboxylic acids is 1. The first-order valence-electron chi connectivity index (χ1n) is 4.77. The van der Waals surface area contributed by atoms with Crippen LogP contribution in [0.3, 0.4) is 0 Å². The number of halogens is 1. The molecule has 0 N–H and O–H groups in total. The Morgan fingerprint density at radius 3 is 2.56 bits per heavy atom. The molecule has 0 fully saturated rings. The second kappa shape index (κ2) is 4.57. The Morgan fingerprint density at radius 2 is 1.94 bits per heavy atom. The van der Waals surface area contributed by atoms with Crippen LogP contribution in [0.2, 0.25) is 0 Å². The summed E-state index contributed by atoms with van der Waals surface area (Å²) in [7, 11) is 0. The van der Waals surface area contributed by atoms with Gasteiger partial charge in [0, 0.05) is 0 Å². The molecule has 0 amide bonds. The Hall–Kier alpha value is -2.16. The first kappa shape index (κ1) is 10.4. The van der Waals surface area contributed by atoms with Crippen LogP contribution in [0, 0.1) is 5.82 Å². The van der Waals surface area contributed by atoms with Gasteiger partial charge < -0.3 is 4.42 Å². The van der Waals surface area contributed by atoms with Crippen LogP contribution in [-0.4, -0.2) is 5.78 Å². The van der Waals surface area contributed by atoms with Gasteiger partial charge in [0.25, 0.3) is 0 Å². The molecule has 0 saturated carbocycles. The highest BCUT2D eigenvalue weighted by molar-refractivity contribution is 6.04. The van der Waals surface area contributed by atoms with Crippen LogP contribution in [0.15, 0.2) is 53.2 Å². The first-order chi connectivity index (χ1) is 7.75. The quantitative estimate of drug-likeness (QED) is 0.582. The lowest BCUT2D eigenvalue weighted by Crippen LogP contribution is -1.90. The Balaban J connectivity index is 2.10. The minimum Gasteiger partial charge on any atom is -0.461 e. The van der Waals surface area contributed by atoms with Gasteiger partial charge in [-0.15, -0.1) is 0 Å². The summed E-state index contributed by atoms with van der Waals surface area (Å²) in [5.41, 5.74) is 0.765. The van der Waals surface area contributed by atoms with Crippen LogP contribution < -0.4 is 0 Å². The topological polar surface area (TPSA) is 30.2 Å². The molecular formula is C13H9FO2. The zero-order chi connectivity index (χ0) is 11.4. The predicted octanol–water partition coefficient (Wildman–Crippen LogP) is 3.31. The van der Waals surface area contributed by atoms with E-state index >= 15 is 0 Å². The van der Waals surface area contributed by atoms with Crippen molar-refractivity contribution in [3.05, 3.63) is 65.9 Å². The molecule has 2 nitrogen and oxygen atoms in total. The van der Waals surface area contributed by atoms with E-state index < -0.39 is 0 Å². The molecule has 0 aliphatic rings. The minimum absolute atomic E-state index is 0.214. The molecule has 0 bridgehead atoms. The Bertz CT molecular complexity index is 495. The number of hydrogen-bond acceptors (Lipinski definition) is 2. The molecule has 3 heteroatoms. The number of furan rings is 1. The smallest absolute Gasteiger partial charge is 0.221 e. The van der Waals surface area contributed by atoms with E-state index in [1.807, 2.05) is 0 Å². The van der Waals surface area contributed by atoms with E-state index in [-0.39, 0.29) is 11.6 Å². The number of allylic oxidation sites excluding steroid dienone is 1. The van der Waals surface area contributed by atoms with E-state index in [1.54, 1.807) is 30.3 Å². The highest BCUT2D eigenvalue weighted by Gasteiger charge is 2.03. The molecule has 0 radical (unpaired) electrons. The molecule has 0 aliphatic carbocycles. The van der Waals surface area contributed by atoms with Crippen molar-refractivity contribution >= 4 is 11.9 Å². The maximum Gasteiger partial charge on any atom is 0.221 e. The predicted molar refractivity (Wildman–Crippen MR) is 58.5 cm³/mol. The summed E-state index contributed by atoms with van der Waals surface area (Å²) in [5.74, 6) is -0.220. The Kier molecular flexibility index (Phi) is 2.96. The number of benzene rings is 1. The van der Waals surface area contributed by atoms with Crippen LogP contribution in [0.25, 0.3) is 6.08 Å². The fourth-order valence-electron chi connectivity index (χ4n) is 1.25. The lowest BCUT2D eigenvalue weighted by Gasteiger charge is -1.92. The maximum atomic E-state index is 12.6. The van der Waals surface area contributed by atoms with E-state index in [9.17, 15) is 9.18 Å². The van der Waals surface area contributed by atoms with Gasteiger partial charge in [-0.2, -0.15) is 0 Å². The number of carbonyl (C=O) groups is 1. The van der Waals surface area contributed by atoms with Crippen LogP contribution in [0.1, 0.15) is 16.1 Å². The molecule has 1 aromatic heterocycles. The number of ketones is 1. The fourth-order valence-corrected chi connectivity index (χ4v) is 1.25. The van der Waals surface area contributed by atoms with E-state index in [0.717, 1.165) is 5.56 Å². The van der Waals surface area contributed by atoms with Gasteiger partial charge in [0.1, 0.15) is 5.82 Å². The highest BCUT2D eigenvalue weighted by atomic mass is 19.1. The third-order valence-corrected chi connectivity index (χ3v) is 2.06. The summed E-state index contributed by atoms with van der Waals surface area (Å²) in [5, 5.41) is 0. The Morgan fingerprint density at radius 1 is 1.19 bits per heavy atom. The van der Waals surface area contributed by atoms with Crippen molar-refractivity contribution in [2.45, 2.75) is 0 Å². The SMILES string of the molecule is O=C(/C=C/c1ccc(F)cc1)c1ccco1. The van der Waals surface area contributed by atoms with Crippen LogP contribution >= 0.6 is 0 Å². The van der Waals surface area contributed by atoms with E-state index in [2.05, 4.69) is 0 Å². The summed E-state index contributed by atoms with van der Waals surface area (Å²) in [4.78, 5) is 11.5. The number of hydrogen-bond donors (Lipinski definition) is 0. The standard InChI is InChI=1S/C13H9FO2/c14-11-6-3-10(4-7-11)5-8-12(15)13-2-1-9-16-13/h1-9H/b8-5+. The first-order valence-corrected chi connectivity index (χ1v) is 4.77. The summed E-state index contributed by atoms with van der Waals surface area (Å²) in [6.45, 7) is 0. The van der Waals surface area contributed by atoms with Crippen LogP contribution in [0.5, 0.6) is 0 Å². The zero-order valence-electron chi connectivity index (χ0n) is 8.39. The van der Waals surface area contributed by atoms with E-state index in [4.69, 9.17) is 4.42 Å². The molecule has 1 heterocycles. The van der Waals surface area contributed by atoms with E-state index in [1.165, 1.54) is 24.5 Å². The summed E-state index contributed by atoms with van der Waals surface area (Å²) in [6, 6.07) is 9.13. The fraction of sp³-hybridized carbons (Fsp3) is 0. The molecule has 0 atom stereocenters. The molecule has 1 aromatic carbocycles. The minimum atomic E-state index is -0.297. The third kappa shape index (κ3) is 2.45. The van der Waals surface area contributed by atoms with Gasteiger partial charge >= 0.3 is 0 Å². The average molecular weight is 216 g/mol. The molecule has 0 spiro atoms. The molecule has 80 valence electrons. The van der Waals surface area contributed by atoms with Gasteiger partial charge in [-0.25, -0.2) is 4.39 Å². The molecule has 0 unspecified atom stereocenters. The zero-order valence-corrected chi connectivity index (χ0v) is 8.39. The highest BCUT2D eigenvalue weighted by Crippen LogP contribution is 2.07. The summed E-state index contributed by atoms with van der Waals surface area (Å²) in [6.07, 6.45) is 4.45. The second-order valence-electron chi connectivity index (χ2n) is 3.23. The van der Waals surface area contributed by atoms with Crippen molar-refractivity contribution in [1.82, 2.24) is 0 Å². The van der Waals surface area contributed by atoms with Crippen molar-refractivity contribution in [3.8, 4) is 0 Å². The average Bonchev–Trinajstić information content (AvgIpc) is 2.81. The van der Waals surface area contributed by atoms with Crippen molar-refractivity contribution in [1.29, 1.82) is 0 Å². The van der Waals surface area contributed by atoms with Gasteiger partial charge in [-0.3, -0.25) is 4.79 Å². The molecule has 16 heavy (non-hydrogen) atoms. The molecule has 2 rings (SSSR count). The third-order valence-electron chi connectivity index (χ3n) is 2.06. The second-order valence-corrected chi connectivity index (χ2v) is 3.23. The van der Waals surface area contributed by atoms with Gasteiger partial charge in [-0.05, 0) is 35.9 Å². The van der Waals surface area contributed by atoms with Crippen LogP contribution in [-0.2, 0) is 0 Å². The van der Waals surface area contributed by atoms with Crippen molar-refractivity contribution in [3.63, 3.8) is 0 Å². The molecule has 0 aliphatic heterocycles. The lowest BCUT2D eigenvalue weighted by molar-refractivity contribution is 0.102. The summed E-state index contributed by atoms with van der Waals surface area (Å²) >= 11 is 0. The van der Waals surface area contributed by atoms with Gasteiger partial charge in [0.2, 0.25) is 5.78 Å². The monoisotopic (exact) mass is 216 g/mol. The van der Waals surface area contributed by atoms with Crippen molar-refractivity contribution in [2.24, 2.45) is 0 Å². The molecule has 0 saturated heterocycles. The van der Waals surface area contributed by atoms with E-state index in [0.29, 0.717) is 5.76 Å². The number of rotatable bonds is 3. The van der Waals surface area contributed by atoms with Gasteiger partial charge in [0.15, 0.2) is 5.76 Å². The molecular weight excluding hydrogens is 207 g/mol. The largest absolute Gasteiger partial charge is 0.461 e. The van der Waals surface area contributed by atoms with Gasteiger partial charge in [-0.1, -0.05) is 18.2 Å². The lowest BCUT2D eigenvalue weighted by atomic mass is 10.2.